The van der Waals surface area contributed by atoms with Gasteiger partial charge in [-0.25, -0.2) is 4.98 Å². The van der Waals surface area contributed by atoms with E-state index < -0.39 is 48.2 Å². The van der Waals surface area contributed by atoms with E-state index in [1.165, 1.54) is 4.57 Å². The van der Waals surface area contributed by atoms with Crippen LogP contribution in [0.5, 0.6) is 0 Å². The average molecular weight is 357 g/mol. The van der Waals surface area contributed by atoms with Gasteiger partial charge in [0.05, 0.1) is 18.0 Å². The molecule has 0 unspecified atom stereocenters. The summed E-state index contributed by atoms with van der Waals surface area (Å²) in [5, 5.41) is 27.6. The Balaban J connectivity index is 2.21. The third-order valence-electron chi connectivity index (χ3n) is 3.72. The summed E-state index contributed by atoms with van der Waals surface area (Å²) < 4.78 is 6.82. The molecule has 3 heterocycles. The van der Waals surface area contributed by atoms with Crippen LogP contribution in [0.25, 0.3) is 11.2 Å². The topological polar surface area (TPSA) is 177 Å². The SMILES string of the molecule is Nc1nc2c(nc(CC(=O)O)n2[C@@H]2O[C@H](CO)[C@@H](O)[C@H]2S)c(=O)[nH]1. The number of carboxylic acid groups (broad SMARTS) is 1. The van der Waals surface area contributed by atoms with E-state index in [1.54, 1.807) is 0 Å². The monoisotopic (exact) mass is 357 g/mol. The number of aliphatic hydroxyl groups excluding tert-OH is 2. The van der Waals surface area contributed by atoms with Gasteiger partial charge in [0.1, 0.15) is 18.3 Å². The molecular weight excluding hydrogens is 342 g/mol. The molecule has 2 aromatic heterocycles. The van der Waals surface area contributed by atoms with Crippen molar-refractivity contribution < 1.29 is 24.9 Å². The lowest BCUT2D eigenvalue weighted by Gasteiger charge is -2.19. The molecular formula is C12H15N5O6S. The first-order valence-corrected chi connectivity index (χ1v) is 7.46. The predicted octanol–water partition coefficient (Wildman–Crippen LogP) is -2.12. The summed E-state index contributed by atoms with van der Waals surface area (Å²) in [6, 6.07) is 0. The van der Waals surface area contributed by atoms with Gasteiger partial charge >= 0.3 is 5.97 Å². The fourth-order valence-electron chi connectivity index (χ4n) is 2.67. The number of aliphatic carboxylic acids is 1. The largest absolute Gasteiger partial charge is 0.481 e. The Hall–Kier alpha value is -2.15. The zero-order chi connectivity index (χ0) is 17.6. The van der Waals surface area contributed by atoms with Gasteiger partial charge in [-0.05, 0) is 0 Å². The van der Waals surface area contributed by atoms with Gasteiger partial charge in [0.15, 0.2) is 17.4 Å². The highest BCUT2D eigenvalue weighted by molar-refractivity contribution is 7.81. The number of fused-ring (bicyclic) bond motifs is 1. The number of anilines is 1. The first kappa shape index (κ1) is 16.7. The summed E-state index contributed by atoms with van der Waals surface area (Å²) in [5.41, 5.74) is 4.83. The minimum absolute atomic E-state index is 0.00376. The van der Waals surface area contributed by atoms with Crippen LogP contribution in [0.1, 0.15) is 12.1 Å². The van der Waals surface area contributed by atoms with Gasteiger partial charge in [-0.15, -0.1) is 0 Å². The van der Waals surface area contributed by atoms with Crippen molar-refractivity contribution in [1.82, 2.24) is 19.5 Å². The number of nitrogens with two attached hydrogens (primary N) is 1. The first-order chi connectivity index (χ1) is 11.3. The molecule has 1 aliphatic heterocycles. The summed E-state index contributed by atoms with van der Waals surface area (Å²) in [7, 11) is 0. The average Bonchev–Trinajstić information content (AvgIpc) is 2.98. The van der Waals surface area contributed by atoms with Crippen molar-refractivity contribution in [3.05, 3.63) is 16.2 Å². The molecule has 0 amide bonds. The molecule has 12 heteroatoms. The summed E-state index contributed by atoms with van der Waals surface area (Å²) in [5.74, 6) is -1.36. The van der Waals surface area contributed by atoms with Gasteiger partial charge in [0.25, 0.3) is 5.56 Å². The number of hydrogen-bond donors (Lipinski definition) is 6. The number of imidazole rings is 1. The quantitative estimate of drug-likeness (QED) is 0.334. The van der Waals surface area contributed by atoms with Crippen LogP contribution in [0.3, 0.4) is 0 Å². The molecule has 6 N–H and O–H groups in total. The molecule has 0 aliphatic carbocycles. The zero-order valence-electron chi connectivity index (χ0n) is 12.2. The fraction of sp³-hybridized carbons (Fsp3) is 0.500. The van der Waals surface area contributed by atoms with E-state index in [1.807, 2.05) is 0 Å². The summed E-state index contributed by atoms with van der Waals surface area (Å²) >= 11 is 4.27. The molecule has 3 rings (SSSR count). The third kappa shape index (κ3) is 2.62. The lowest BCUT2D eigenvalue weighted by atomic mass is 10.2. The van der Waals surface area contributed by atoms with Crippen LogP contribution in [-0.2, 0) is 16.0 Å². The Kier molecular flexibility index (Phi) is 4.21. The van der Waals surface area contributed by atoms with Gasteiger partial charge in [0.2, 0.25) is 5.95 Å². The van der Waals surface area contributed by atoms with Crippen molar-refractivity contribution in [2.24, 2.45) is 0 Å². The van der Waals surface area contributed by atoms with Gasteiger partial charge in [-0.3, -0.25) is 19.1 Å². The van der Waals surface area contributed by atoms with Crippen molar-refractivity contribution >= 4 is 35.7 Å². The number of thiol groups is 1. The smallest absolute Gasteiger partial charge is 0.311 e. The van der Waals surface area contributed by atoms with Crippen LogP contribution in [0.2, 0.25) is 0 Å². The van der Waals surface area contributed by atoms with Crippen LogP contribution in [0.15, 0.2) is 4.79 Å². The van der Waals surface area contributed by atoms with Crippen LogP contribution in [0.4, 0.5) is 5.95 Å². The van der Waals surface area contributed by atoms with E-state index in [0.29, 0.717) is 0 Å². The molecule has 1 fully saturated rings. The van der Waals surface area contributed by atoms with Gasteiger partial charge in [0, 0.05) is 0 Å². The molecule has 0 spiro atoms. The van der Waals surface area contributed by atoms with E-state index in [2.05, 4.69) is 27.6 Å². The molecule has 11 nitrogen and oxygen atoms in total. The highest BCUT2D eigenvalue weighted by Crippen LogP contribution is 2.35. The Bertz CT molecular complexity index is 850. The fourth-order valence-corrected chi connectivity index (χ4v) is 3.06. The standard InChI is InChI=1S/C12H15N5O6S/c13-12-15-9-6(10(22)16-12)14-4(1-5(19)20)17(9)11-8(24)7(21)3(2-18)23-11/h3,7-8,11,18,21,24H,1-2H2,(H,19,20)(H3,13,15,16,22)/t3-,7-,8-,11-/m1/s1. The Labute approximate surface area is 139 Å². The highest BCUT2D eigenvalue weighted by Gasteiger charge is 2.44. The number of carboxylic acids is 1. The Morgan fingerprint density at radius 2 is 2.17 bits per heavy atom. The van der Waals surface area contributed by atoms with E-state index in [-0.39, 0.29) is 22.9 Å². The number of nitrogens with zero attached hydrogens (tertiary/aromatic N) is 3. The number of aromatic nitrogens is 4. The number of ether oxygens (including phenoxy) is 1. The van der Waals surface area contributed by atoms with Crippen LogP contribution >= 0.6 is 12.6 Å². The molecule has 0 aromatic carbocycles. The maximum Gasteiger partial charge on any atom is 0.311 e. The number of aromatic amines is 1. The molecule has 0 saturated carbocycles. The molecule has 1 saturated heterocycles. The molecule has 130 valence electrons. The number of nitrogens with one attached hydrogen (secondary N) is 1. The second-order valence-corrected chi connectivity index (χ2v) is 5.92. The van der Waals surface area contributed by atoms with Crippen LogP contribution in [-0.4, -0.2) is 64.9 Å². The Morgan fingerprint density at radius 1 is 1.46 bits per heavy atom. The maximum absolute atomic E-state index is 12.0. The van der Waals surface area contributed by atoms with E-state index >= 15 is 0 Å². The van der Waals surface area contributed by atoms with Crippen molar-refractivity contribution in [2.45, 2.75) is 30.1 Å². The van der Waals surface area contributed by atoms with Crippen molar-refractivity contribution in [3.63, 3.8) is 0 Å². The molecule has 1 aliphatic rings. The summed E-state index contributed by atoms with van der Waals surface area (Å²) in [4.78, 5) is 33.4. The van der Waals surface area contributed by atoms with Crippen molar-refractivity contribution in [1.29, 1.82) is 0 Å². The molecule has 0 bridgehead atoms. The predicted molar refractivity (Wildman–Crippen MR) is 83.7 cm³/mol. The molecule has 2 aromatic rings. The summed E-state index contributed by atoms with van der Waals surface area (Å²) in [6.07, 6.45) is -3.49. The number of carbonyl (C=O) groups is 1. The van der Waals surface area contributed by atoms with E-state index in [9.17, 15) is 19.8 Å². The minimum atomic E-state index is -1.18. The van der Waals surface area contributed by atoms with Gasteiger partial charge in [-0.1, -0.05) is 0 Å². The van der Waals surface area contributed by atoms with E-state index in [4.69, 9.17) is 15.6 Å². The number of nitrogen functional groups attached to an aromatic ring is 1. The highest BCUT2D eigenvalue weighted by atomic mass is 32.1. The second kappa shape index (κ2) is 6.05. The first-order valence-electron chi connectivity index (χ1n) is 6.94. The number of aliphatic hydroxyl groups is 2. The lowest BCUT2D eigenvalue weighted by Crippen LogP contribution is -2.30. The molecule has 24 heavy (non-hydrogen) atoms. The second-order valence-electron chi connectivity index (χ2n) is 5.32. The lowest BCUT2D eigenvalue weighted by molar-refractivity contribution is -0.136. The molecule has 4 atom stereocenters. The van der Waals surface area contributed by atoms with Crippen molar-refractivity contribution in [3.8, 4) is 0 Å². The van der Waals surface area contributed by atoms with Gasteiger partial charge < -0.3 is 25.8 Å². The summed E-state index contributed by atoms with van der Waals surface area (Å²) in [6.45, 7) is -0.453. The van der Waals surface area contributed by atoms with Crippen molar-refractivity contribution in [2.75, 3.05) is 12.3 Å². The van der Waals surface area contributed by atoms with Gasteiger partial charge in [-0.2, -0.15) is 17.6 Å². The van der Waals surface area contributed by atoms with E-state index in [0.717, 1.165) is 0 Å². The maximum atomic E-state index is 12.0. The van der Waals surface area contributed by atoms with Crippen LogP contribution in [0, 0.1) is 0 Å². The number of rotatable bonds is 4. The zero-order valence-corrected chi connectivity index (χ0v) is 13.1. The molecule has 0 radical (unpaired) electrons. The number of H-pyrrole nitrogens is 1. The minimum Gasteiger partial charge on any atom is -0.481 e. The number of hydrogen-bond acceptors (Lipinski definition) is 9. The van der Waals surface area contributed by atoms with Crippen LogP contribution < -0.4 is 11.3 Å². The Morgan fingerprint density at radius 3 is 2.75 bits per heavy atom. The normalized spacial score (nSPS) is 27.0. The third-order valence-corrected chi connectivity index (χ3v) is 4.28.